The van der Waals surface area contributed by atoms with Crippen molar-refractivity contribution in [1.29, 1.82) is 0 Å². The lowest BCUT2D eigenvalue weighted by Gasteiger charge is -2.35. The van der Waals surface area contributed by atoms with Gasteiger partial charge >= 0.3 is 6.09 Å². The molecule has 1 atom stereocenters. The Kier molecular flexibility index (Phi) is 5.43. The zero-order chi connectivity index (χ0) is 20.5. The average Bonchev–Trinajstić information content (AvgIpc) is 3.11. The summed E-state index contributed by atoms with van der Waals surface area (Å²) in [5.74, 6) is 0.0713. The number of fused-ring (bicyclic) bond motifs is 3. The van der Waals surface area contributed by atoms with Crippen molar-refractivity contribution in [3.05, 3.63) is 87.3 Å². The number of amides is 1. The molecule has 1 N–H and O–H groups in total. The molecule has 2 aliphatic rings. The van der Waals surface area contributed by atoms with E-state index in [0.29, 0.717) is 19.7 Å². The van der Waals surface area contributed by atoms with Crippen LogP contribution in [-0.2, 0) is 4.74 Å². The molecule has 0 bridgehead atoms. The van der Waals surface area contributed by atoms with Gasteiger partial charge in [0.15, 0.2) is 0 Å². The first-order chi connectivity index (χ1) is 14.7. The first-order valence-corrected chi connectivity index (χ1v) is 11.2. The van der Waals surface area contributed by atoms with E-state index < -0.39 is 0 Å². The molecule has 6 heteroatoms. The lowest BCUT2D eigenvalue weighted by atomic mass is 9.98. The third-order valence-corrected chi connectivity index (χ3v) is 6.51. The molecule has 30 heavy (non-hydrogen) atoms. The third kappa shape index (κ3) is 3.58. The zero-order valence-corrected chi connectivity index (χ0v) is 18.6. The summed E-state index contributed by atoms with van der Waals surface area (Å²) in [6, 6.07) is 18.8. The minimum absolute atomic E-state index is 0.0713. The fraction of sp³-hybridized carbons (Fsp3) is 0.250. The molecule has 3 aromatic rings. The van der Waals surface area contributed by atoms with Crippen LogP contribution in [0.3, 0.4) is 0 Å². The minimum Gasteiger partial charge on any atom is -0.448 e. The van der Waals surface area contributed by atoms with Crippen molar-refractivity contribution in [2.45, 2.75) is 12.0 Å². The summed E-state index contributed by atoms with van der Waals surface area (Å²) in [5, 5.41) is 3.38. The Morgan fingerprint density at radius 3 is 2.50 bits per heavy atom. The fourth-order valence-corrected chi connectivity index (χ4v) is 5.03. The van der Waals surface area contributed by atoms with Gasteiger partial charge in [-0.3, -0.25) is 9.88 Å². The summed E-state index contributed by atoms with van der Waals surface area (Å²) in [5.41, 5.74) is 5.95. The number of aromatic nitrogens is 1. The second-order valence-corrected chi connectivity index (χ2v) is 8.90. The number of pyridine rings is 1. The van der Waals surface area contributed by atoms with Crippen molar-refractivity contribution in [2.24, 2.45) is 0 Å². The van der Waals surface area contributed by atoms with Gasteiger partial charge in [-0.25, -0.2) is 4.79 Å². The number of carbonyl (C=O) groups excluding carboxylic acids is 1. The van der Waals surface area contributed by atoms with Crippen molar-refractivity contribution in [3.8, 4) is 11.1 Å². The van der Waals surface area contributed by atoms with Crippen LogP contribution in [-0.4, -0.2) is 42.2 Å². The number of rotatable bonds is 3. The molecule has 1 unspecified atom stereocenters. The van der Waals surface area contributed by atoms with Gasteiger partial charge in [0.05, 0.1) is 6.04 Å². The van der Waals surface area contributed by atoms with Crippen LogP contribution in [0.5, 0.6) is 0 Å². The SMILES string of the molecule is O=C(OCC1c2ccccc2-c2ccccc21)N1CCNCC1c1cncc(I)c1. The van der Waals surface area contributed by atoms with E-state index in [9.17, 15) is 4.79 Å². The van der Waals surface area contributed by atoms with E-state index in [2.05, 4.69) is 87.5 Å². The number of nitrogens with zero attached hydrogens (tertiary/aromatic N) is 2. The molecular formula is C24H22IN3O2. The first-order valence-electron chi connectivity index (χ1n) is 10.1. The van der Waals surface area contributed by atoms with Gasteiger partial charge < -0.3 is 10.1 Å². The maximum absolute atomic E-state index is 13.1. The molecule has 5 rings (SSSR count). The highest BCUT2D eigenvalue weighted by Gasteiger charge is 2.32. The molecule has 2 aromatic carbocycles. The lowest BCUT2D eigenvalue weighted by Crippen LogP contribution is -2.49. The summed E-state index contributed by atoms with van der Waals surface area (Å²) < 4.78 is 6.96. The van der Waals surface area contributed by atoms with Gasteiger partial charge in [0.2, 0.25) is 0 Å². The van der Waals surface area contributed by atoms with Gasteiger partial charge in [-0.1, -0.05) is 48.5 Å². The number of hydrogen-bond acceptors (Lipinski definition) is 4. The number of nitrogens with one attached hydrogen (secondary N) is 1. The van der Waals surface area contributed by atoms with Crippen LogP contribution in [0.4, 0.5) is 4.79 Å². The van der Waals surface area contributed by atoms with Gasteiger partial charge in [0, 0.05) is 41.5 Å². The van der Waals surface area contributed by atoms with E-state index in [1.165, 1.54) is 22.3 Å². The molecule has 152 valence electrons. The molecule has 0 saturated carbocycles. The number of piperazine rings is 1. The van der Waals surface area contributed by atoms with E-state index >= 15 is 0 Å². The highest BCUT2D eigenvalue weighted by Crippen LogP contribution is 2.44. The fourth-order valence-electron chi connectivity index (χ4n) is 4.51. The third-order valence-electron chi connectivity index (χ3n) is 5.92. The van der Waals surface area contributed by atoms with E-state index in [1.54, 1.807) is 0 Å². The molecule has 0 radical (unpaired) electrons. The maximum atomic E-state index is 13.1. The molecular weight excluding hydrogens is 489 g/mol. The number of hydrogen-bond donors (Lipinski definition) is 1. The molecule has 1 aliphatic carbocycles. The summed E-state index contributed by atoms with van der Waals surface area (Å²) in [4.78, 5) is 19.2. The Hall–Kier alpha value is -2.45. The summed E-state index contributed by atoms with van der Waals surface area (Å²) in [6.07, 6.45) is 3.39. The van der Waals surface area contributed by atoms with E-state index in [0.717, 1.165) is 15.7 Å². The minimum atomic E-state index is -0.262. The summed E-state index contributed by atoms with van der Waals surface area (Å²) >= 11 is 2.25. The van der Waals surface area contributed by atoms with E-state index in [-0.39, 0.29) is 18.1 Å². The zero-order valence-electron chi connectivity index (χ0n) is 16.4. The standard InChI is InChI=1S/C24H22IN3O2/c25-17-11-16(12-27-13-17)23-14-26-9-10-28(23)24(29)30-15-22-20-7-3-1-5-18(20)19-6-2-4-8-21(19)22/h1-8,11-13,22-23,26H,9-10,14-15H2. The first kappa shape index (κ1) is 19.5. The predicted octanol–water partition coefficient (Wildman–Crippen LogP) is 4.58. The Labute approximate surface area is 189 Å². The Morgan fingerprint density at radius 1 is 1.10 bits per heavy atom. The Bertz CT molecular complexity index is 1040. The van der Waals surface area contributed by atoms with Gasteiger partial charge in [-0.2, -0.15) is 0 Å². The predicted molar refractivity (Wildman–Crippen MR) is 124 cm³/mol. The largest absolute Gasteiger partial charge is 0.448 e. The van der Waals surface area contributed by atoms with Crippen LogP contribution in [0.1, 0.15) is 28.7 Å². The monoisotopic (exact) mass is 511 g/mol. The van der Waals surface area contributed by atoms with Crippen LogP contribution >= 0.6 is 22.6 Å². The van der Waals surface area contributed by atoms with Crippen LogP contribution < -0.4 is 5.32 Å². The van der Waals surface area contributed by atoms with Crippen molar-refractivity contribution in [1.82, 2.24) is 15.2 Å². The van der Waals surface area contributed by atoms with Crippen molar-refractivity contribution in [2.75, 3.05) is 26.2 Å². The number of halogens is 1. The smallest absolute Gasteiger partial charge is 0.410 e. The molecule has 1 aromatic heterocycles. The highest BCUT2D eigenvalue weighted by atomic mass is 127. The van der Waals surface area contributed by atoms with Crippen LogP contribution in [0.2, 0.25) is 0 Å². The number of ether oxygens (including phenoxy) is 1. The van der Waals surface area contributed by atoms with Crippen molar-refractivity contribution in [3.63, 3.8) is 0 Å². The van der Waals surface area contributed by atoms with Crippen LogP contribution in [0.15, 0.2) is 67.0 Å². The second-order valence-electron chi connectivity index (χ2n) is 7.65. The van der Waals surface area contributed by atoms with Gasteiger partial charge in [-0.05, 0) is 56.5 Å². The molecule has 5 nitrogen and oxygen atoms in total. The van der Waals surface area contributed by atoms with Crippen molar-refractivity contribution < 1.29 is 9.53 Å². The topological polar surface area (TPSA) is 54.5 Å². The van der Waals surface area contributed by atoms with Gasteiger partial charge in [0.1, 0.15) is 6.61 Å². The molecule has 1 amide bonds. The normalized spacial score (nSPS) is 18.0. The summed E-state index contributed by atoms with van der Waals surface area (Å²) in [6.45, 7) is 2.42. The molecule has 1 aliphatic heterocycles. The van der Waals surface area contributed by atoms with E-state index in [4.69, 9.17) is 4.74 Å². The molecule has 1 saturated heterocycles. The molecule has 1 fully saturated rings. The van der Waals surface area contributed by atoms with Crippen molar-refractivity contribution >= 4 is 28.7 Å². The van der Waals surface area contributed by atoms with Crippen LogP contribution in [0, 0.1) is 3.57 Å². The summed E-state index contributed by atoms with van der Waals surface area (Å²) in [7, 11) is 0. The molecule has 0 spiro atoms. The molecule has 2 heterocycles. The van der Waals surface area contributed by atoms with Gasteiger partial charge in [-0.15, -0.1) is 0 Å². The van der Waals surface area contributed by atoms with E-state index in [1.807, 2.05) is 17.3 Å². The average molecular weight is 511 g/mol. The number of benzene rings is 2. The van der Waals surface area contributed by atoms with Crippen LogP contribution in [0.25, 0.3) is 11.1 Å². The van der Waals surface area contributed by atoms with Gasteiger partial charge in [0.25, 0.3) is 0 Å². The number of carbonyl (C=O) groups is 1. The Balaban J connectivity index is 1.35. The lowest BCUT2D eigenvalue weighted by molar-refractivity contribution is 0.0751. The Morgan fingerprint density at radius 2 is 1.80 bits per heavy atom. The highest BCUT2D eigenvalue weighted by molar-refractivity contribution is 14.1. The maximum Gasteiger partial charge on any atom is 0.410 e. The second kappa shape index (κ2) is 8.35. The quantitative estimate of drug-likeness (QED) is 0.524.